The van der Waals surface area contributed by atoms with Crippen molar-refractivity contribution in [3.63, 3.8) is 0 Å². The first-order chi connectivity index (χ1) is 9.95. The van der Waals surface area contributed by atoms with Crippen LogP contribution in [0, 0.1) is 0 Å². The Kier molecular flexibility index (Phi) is 4.62. The van der Waals surface area contributed by atoms with Crippen molar-refractivity contribution >= 4 is 46.6 Å². The third kappa shape index (κ3) is 4.08. The molecule has 6 nitrogen and oxygen atoms in total. The molecule has 1 aromatic heterocycles. The Balaban J connectivity index is 2.02. The van der Waals surface area contributed by atoms with Gasteiger partial charge in [-0.2, -0.15) is 0 Å². The van der Waals surface area contributed by atoms with Crippen molar-refractivity contribution in [1.82, 2.24) is 4.98 Å². The van der Waals surface area contributed by atoms with E-state index in [1.54, 1.807) is 12.1 Å². The molecular weight excluding hydrogens is 317 g/mol. The van der Waals surface area contributed by atoms with Gasteiger partial charge in [0.2, 0.25) is 0 Å². The summed E-state index contributed by atoms with van der Waals surface area (Å²) in [4.78, 5) is 26.1. The molecule has 0 saturated heterocycles. The molecule has 108 valence electrons. The van der Waals surface area contributed by atoms with Gasteiger partial charge in [-0.15, -0.1) is 0 Å². The van der Waals surface area contributed by atoms with Crippen LogP contribution in [0.3, 0.4) is 0 Å². The SMILES string of the molecule is O=C(Nc1ccc(C(=O)O)nc1)Nc1ccc(Cl)cc1Cl. The Hall–Kier alpha value is -2.31. The molecule has 8 heteroatoms. The zero-order valence-electron chi connectivity index (χ0n) is 10.4. The molecule has 3 N–H and O–H groups in total. The van der Waals surface area contributed by atoms with Crippen LogP contribution in [0.25, 0.3) is 0 Å². The van der Waals surface area contributed by atoms with Crippen LogP contribution in [-0.2, 0) is 0 Å². The molecule has 2 aromatic rings. The van der Waals surface area contributed by atoms with E-state index >= 15 is 0 Å². The van der Waals surface area contributed by atoms with Crippen LogP contribution in [0.5, 0.6) is 0 Å². The lowest BCUT2D eigenvalue weighted by Gasteiger charge is -2.09. The van der Waals surface area contributed by atoms with Gasteiger partial charge < -0.3 is 15.7 Å². The molecule has 0 saturated carbocycles. The van der Waals surface area contributed by atoms with E-state index < -0.39 is 12.0 Å². The summed E-state index contributed by atoms with van der Waals surface area (Å²) in [5.74, 6) is -1.14. The number of carbonyl (C=O) groups excluding carboxylic acids is 1. The van der Waals surface area contributed by atoms with Crippen molar-refractivity contribution in [2.45, 2.75) is 0 Å². The lowest BCUT2D eigenvalue weighted by molar-refractivity contribution is 0.0690. The number of aromatic carboxylic acids is 1. The maximum Gasteiger partial charge on any atom is 0.354 e. The van der Waals surface area contributed by atoms with Gasteiger partial charge >= 0.3 is 12.0 Å². The van der Waals surface area contributed by atoms with Gasteiger partial charge in [0.15, 0.2) is 0 Å². The van der Waals surface area contributed by atoms with Crippen LogP contribution in [-0.4, -0.2) is 22.1 Å². The van der Waals surface area contributed by atoms with Crippen LogP contribution in [0.15, 0.2) is 36.5 Å². The normalized spacial score (nSPS) is 10.0. The van der Waals surface area contributed by atoms with Gasteiger partial charge in [0.1, 0.15) is 5.69 Å². The number of halogens is 2. The van der Waals surface area contributed by atoms with Gasteiger partial charge in [0.25, 0.3) is 0 Å². The summed E-state index contributed by atoms with van der Waals surface area (Å²) in [5.41, 5.74) is 0.637. The summed E-state index contributed by atoms with van der Waals surface area (Å²) < 4.78 is 0. The Morgan fingerprint density at radius 1 is 1.10 bits per heavy atom. The number of nitrogens with one attached hydrogen (secondary N) is 2. The molecule has 1 heterocycles. The minimum absolute atomic E-state index is 0.110. The molecule has 1 aromatic carbocycles. The topological polar surface area (TPSA) is 91.3 Å². The van der Waals surface area contributed by atoms with Crippen molar-refractivity contribution in [2.75, 3.05) is 10.6 Å². The highest BCUT2D eigenvalue weighted by molar-refractivity contribution is 6.36. The number of pyridine rings is 1. The highest BCUT2D eigenvalue weighted by Crippen LogP contribution is 2.25. The number of carboxylic acids is 1. The maximum atomic E-state index is 11.8. The van der Waals surface area contributed by atoms with Gasteiger partial charge in [0, 0.05) is 5.02 Å². The molecule has 0 atom stereocenters. The van der Waals surface area contributed by atoms with E-state index in [0.717, 1.165) is 0 Å². The van der Waals surface area contributed by atoms with Gasteiger partial charge in [-0.1, -0.05) is 23.2 Å². The average Bonchev–Trinajstić information content (AvgIpc) is 2.42. The molecule has 0 spiro atoms. The van der Waals surface area contributed by atoms with Crippen LogP contribution in [0.2, 0.25) is 10.0 Å². The first kappa shape index (κ1) is 15.1. The number of urea groups is 1. The van der Waals surface area contributed by atoms with E-state index in [1.165, 1.54) is 24.4 Å². The van der Waals surface area contributed by atoms with Gasteiger partial charge in [-0.05, 0) is 30.3 Å². The van der Waals surface area contributed by atoms with E-state index in [2.05, 4.69) is 15.6 Å². The molecule has 0 aliphatic rings. The molecule has 21 heavy (non-hydrogen) atoms. The Morgan fingerprint density at radius 3 is 2.43 bits per heavy atom. The minimum Gasteiger partial charge on any atom is -0.477 e. The van der Waals surface area contributed by atoms with Crippen LogP contribution < -0.4 is 10.6 Å². The second-order valence-electron chi connectivity index (χ2n) is 3.94. The number of hydrogen-bond acceptors (Lipinski definition) is 3. The highest BCUT2D eigenvalue weighted by atomic mass is 35.5. The zero-order valence-corrected chi connectivity index (χ0v) is 11.9. The monoisotopic (exact) mass is 325 g/mol. The van der Waals surface area contributed by atoms with Gasteiger partial charge in [-0.25, -0.2) is 14.6 Å². The number of nitrogens with zero attached hydrogens (tertiary/aromatic N) is 1. The van der Waals surface area contributed by atoms with E-state index in [4.69, 9.17) is 28.3 Å². The molecule has 2 amide bonds. The number of carboxylic acid groups (broad SMARTS) is 1. The fraction of sp³-hybridized carbons (Fsp3) is 0. The van der Waals surface area contributed by atoms with E-state index in [-0.39, 0.29) is 5.69 Å². The molecule has 2 rings (SSSR count). The number of benzene rings is 1. The van der Waals surface area contributed by atoms with Crippen molar-refractivity contribution in [3.8, 4) is 0 Å². The Bertz CT molecular complexity index is 690. The lowest BCUT2D eigenvalue weighted by Crippen LogP contribution is -2.19. The van der Waals surface area contributed by atoms with Crippen LogP contribution >= 0.6 is 23.2 Å². The molecular formula is C13H9Cl2N3O3. The zero-order chi connectivity index (χ0) is 15.4. The number of amides is 2. The summed E-state index contributed by atoms with van der Waals surface area (Å²) in [7, 11) is 0. The molecule has 0 unspecified atom stereocenters. The number of hydrogen-bond donors (Lipinski definition) is 3. The second kappa shape index (κ2) is 6.43. The predicted molar refractivity (Wildman–Crippen MR) is 80.3 cm³/mol. The number of carbonyl (C=O) groups is 2. The first-order valence-corrected chi connectivity index (χ1v) is 6.43. The molecule has 0 radical (unpaired) electrons. The number of rotatable bonds is 3. The van der Waals surface area contributed by atoms with Crippen LogP contribution in [0.4, 0.5) is 16.2 Å². The average molecular weight is 326 g/mol. The van der Waals surface area contributed by atoms with Gasteiger partial charge in [0.05, 0.1) is 22.6 Å². The maximum absolute atomic E-state index is 11.8. The van der Waals surface area contributed by atoms with Crippen molar-refractivity contribution < 1.29 is 14.7 Å². The largest absolute Gasteiger partial charge is 0.477 e. The highest BCUT2D eigenvalue weighted by Gasteiger charge is 2.08. The summed E-state index contributed by atoms with van der Waals surface area (Å²) in [6.45, 7) is 0. The third-order valence-electron chi connectivity index (χ3n) is 2.42. The second-order valence-corrected chi connectivity index (χ2v) is 4.78. The summed E-state index contributed by atoms with van der Waals surface area (Å²) in [6.07, 6.45) is 1.24. The van der Waals surface area contributed by atoms with E-state index in [1.807, 2.05) is 0 Å². The first-order valence-electron chi connectivity index (χ1n) is 5.68. The van der Waals surface area contributed by atoms with Crippen molar-refractivity contribution in [2.24, 2.45) is 0 Å². The summed E-state index contributed by atoms with van der Waals surface area (Å²) in [5, 5.41) is 14.5. The fourth-order valence-electron chi connectivity index (χ4n) is 1.47. The Morgan fingerprint density at radius 2 is 1.86 bits per heavy atom. The number of aromatic nitrogens is 1. The van der Waals surface area contributed by atoms with E-state index in [9.17, 15) is 9.59 Å². The number of anilines is 2. The predicted octanol–water partition coefficient (Wildman–Crippen LogP) is 3.73. The molecule has 0 aliphatic heterocycles. The Labute approximate surface area is 129 Å². The summed E-state index contributed by atoms with van der Waals surface area (Å²) >= 11 is 11.7. The molecule has 0 aliphatic carbocycles. The van der Waals surface area contributed by atoms with E-state index in [0.29, 0.717) is 21.4 Å². The van der Waals surface area contributed by atoms with Crippen molar-refractivity contribution in [3.05, 3.63) is 52.3 Å². The lowest BCUT2D eigenvalue weighted by atomic mass is 10.3. The smallest absolute Gasteiger partial charge is 0.354 e. The fourth-order valence-corrected chi connectivity index (χ4v) is 1.93. The minimum atomic E-state index is -1.14. The quantitative estimate of drug-likeness (QED) is 0.801. The third-order valence-corrected chi connectivity index (χ3v) is 2.97. The standard InChI is InChI=1S/C13H9Cl2N3O3/c14-7-1-3-10(9(15)5-7)18-13(21)17-8-2-4-11(12(19)20)16-6-8/h1-6H,(H,19,20)(H2,17,18,21). The van der Waals surface area contributed by atoms with Crippen LogP contribution in [0.1, 0.15) is 10.5 Å². The van der Waals surface area contributed by atoms with Crippen molar-refractivity contribution in [1.29, 1.82) is 0 Å². The van der Waals surface area contributed by atoms with Gasteiger partial charge in [-0.3, -0.25) is 0 Å². The molecule has 0 fully saturated rings. The molecule has 0 bridgehead atoms. The summed E-state index contributed by atoms with van der Waals surface area (Å²) in [6, 6.07) is 6.83.